The molecule has 0 saturated heterocycles. The van der Waals surface area contributed by atoms with Gasteiger partial charge in [0.2, 0.25) is 5.91 Å². The van der Waals surface area contributed by atoms with Crippen LogP contribution in [0.4, 0.5) is 0 Å². The van der Waals surface area contributed by atoms with Crippen molar-refractivity contribution < 1.29 is 4.79 Å². The molecule has 2 N–H and O–H groups in total. The van der Waals surface area contributed by atoms with Gasteiger partial charge in [0.05, 0.1) is 10.9 Å². The van der Waals surface area contributed by atoms with Crippen molar-refractivity contribution in [3.63, 3.8) is 0 Å². The number of carbonyl (C=O) groups is 1. The molecule has 0 radical (unpaired) electrons. The van der Waals surface area contributed by atoms with Gasteiger partial charge in [0.15, 0.2) is 0 Å². The maximum Gasteiger partial charge on any atom is 0.233 e. The molecule has 1 aromatic carbocycles. The minimum Gasteiger partial charge on any atom is -0.393 e. The number of rotatable bonds is 3. The van der Waals surface area contributed by atoms with Crippen molar-refractivity contribution >= 4 is 23.1 Å². The topological polar surface area (TPSA) is 46.3 Å². The molecule has 0 fully saturated rings. The Morgan fingerprint density at radius 2 is 1.94 bits per heavy atom. The summed E-state index contributed by atoms with van der Waals surface area (Å²) >= 11 is 4.94. The molecule has 1 heterocycles. The van der Waals surface area contributed by atoms with Gasteiger partial charge in [-0.25, -0.2) is 0 Å². The first-order chi connectivity index (χ1) is 8.13. The third-order valence-corrected chi connectivity index (χ3v) is 3.49. The molecule has 3 nitrogen and oxygen atoms in total. The van der Waals surface area contributed by atoms with Crippen LogP contribution in [0.1, 0.15) is 24.5 Å². The Morgan fingerprint density at radius 3 is 2.35 bits per heavy atom. The van der Waals surface area contributed by atoms with Gasteiger partial charge in [-0.05, 0) is 17.5 Å². The Labute approximate surface area is 107 Å². The monoisotopic (exact) mass is 248 g/mol. The number of amides is 1. The number of nitrogens with zero attached hydrogens (tertiary/aromatic N) is 1. The average Bonchev–Trinajstić information content (AvgIpc) is 2.72. The lowest BCUT2D eigenvalue weighted by molar-refractivity contribution is -0.134. The summed E-state index contributed by atoms with van der Waals surface area (Å²) in [5, 5.41) is 0. The maximum atomic E-state index is 12.2. The number of hydrogen-bond acceptors (Lipinski definition) is 2. The van der Waals surface area contributed by atoms with Crippen molar-refractivity contribution in [2.75, 3.05) is 0 Å². The molecule has 0 spiro atoms. The summed E-state index contributed by atoms with van der Waals surface area (Å²) in [4.78, 5) is 14.4. The van der Waals surface area contributed by atoms with E-state index in [1.54, 1.807) is 0 Å². The quantitative estimate of drug-likeness (QED) is 0.830. The second-order valence-corrected chi connectivity index (χ2v) is 4.80. The number of hydrogen-bond donors (Lipinski definition) is 1. The van der Waals surface area contributed by atoms with Gasteiger partial charge in [0, 0.05) is 13.1 Å². The molecule has 1 aliphatic rings. The SMILES string of the molecule is CCC(C(=O)N1Cc2ccccc2C1)C(N)=S. The second kappa shape index (κ2) is 4.84. The highest BCUT2D eigenvalue weighted by Gasteiger charge is 2.29. The van der Waals surface area contributed by atoms with Crippen LogP contribution < -0.4 is 5.73 Å². The first-order valence-corrected chi connectivity index (χ1v) is 6.19. The Kier molecular flexibility index (Phi) is 3.43. The summed E-state index contributed by atoms with van der Waals surface area (Å²) in [7, 11) is 0. The molecule has 17 heavy (non-hydrogen) atoms. The average molecular weight is 248 g/mol. The van der Waals surface area contributed by atoms with Crippen LogP contribution in [-0.2, 0) is 17.9 Å². The fourth-order valence-corrected chi connectivity index (χ4v) is 2.47. The first-order valence-electron chi connectivity index (χ1n) is 5.78. The highest BCUT2D eigenvalue weighted by atomic mass is 32.1. The van der Waals surface area contributed by atoms with E-state index in [0.717, 1.165) is 0 Å². The molecule has 90 valence electrons. The highest BCUT2D eigenvalue weighted by Crippen LogP contribution is 2.24. The lowest BCUT2D eigenvalue weighted by Gasteiger charge is -2.21. The minimum atomic E-state index is -0.320. The van der Waals surface area contributed by atoms with E-state index in [1.807, 2.05) is 24.0 Å². The molecule has 0 aliphatic carbocycles. The normalized spacial score (nSPS) is 15.5. The summed E-state index contributed by atoms with van der Waals surface area (Å²) in [5.74, 6) is -0.268. The number of carbonyl (C=O) groups excluding carboxylic acids is 1. The molecular formula is C13H16N2OS. The van der Waals surface area contributed by atoms with Crippen molar-refractivity contribution in [1.29, 1.82) is 0 Å². The van der Waals surface area contributed by atoms with Crippen molar-refractivity contribution in [2.24, 2.45) is 11.7 Å². The number of benzene rings is 1. The van der Waals surface area contributed by atoms with Gasteiger partial charge in [0.25, 0.3) is 0 Å². The largest absolute Gasteiger partial charge is 0.393 e. The molecule has 4 heteroatoms. The van der Waals surface area contributed by atoms with Gasteiger partial charge in [-0.15, -0.1) is 0 Å². The number of fused-ring (bicyclic) bond motifs is 1. The zero-order valence-electron chi connectivity index (χ0n) is 9.85. The van der Waals surface area contributed by atoms with E-state index in [1.165, 1.54) is 11.1 Å². The lowest BCUT2D eigenvalue weighted by Crippen LogP contribution is -2.38. The second-order valence-electron chi connectivity index (χ2n) is 4.33. The summed E-state index contributed by atoms with van der Waals surface area (Å²) in [6.07, 6.45) is 0.668. The molecule has 1 aliphatic heterocycles. The predicted molar refractivity (Wildman–Crippen MR) is 71.3 cm³/mol. The van der Waals surface area contributed by atoms with E-state index in [9.17, 15) is 4.79 Å². The van der Waals surface area contributed by atoms with Crippen molar-refractivity contribution in [2.45, 2.75) is 26.4 Å². The maximum absolute atomic E-state index is 12.2. The van der Waals surface area contributed by atoms with Crippen LogP contribution in [-0.4, -0.2) is 15.8 Å². The van der Waals surface area contributed by atoms with E-state index in [4.69, 9.17) is 18.0 Å². The van der Waals surface area contributed by atoms with E-state index < -0.39 is 0 Å². The van der Waals surface area contributed by atoms with Gasteiger partial charge in [0.1, 0.15) is 0 Å². The fourth-order valence-electron chi connectivity index (χ4n) is 2.21. The van der Waals surface area contributed by atoms with Gasteiger partial charge < -0.3 is 10.6 Å². The Morgan fingerprint density at radius 1 is 1.41 bits per heavy atom. The molecule has 0 bridgehead atoms. The smallest absolute Gasteiger partial charge is 0.233 e. The van der Waals surface area contributed by atoms with E-state index in [-0.39, 0.29) is 11.8 Å². The highest BCUT2D eigenvalue weighted by molar-refractivity contribution is 7.80. The van der Waals surface area contributed by atoms with Gasteiger partial charge >= 0.3 is 0 Å². The number of thiocarbonyl (C=S) groups is 1. The van der Waals surface area contributed by atoms with Gasteiger partial charge in [-0.1, -0.05) is 43.4 Å². The summed E-state index contributed by atoms with van der Waals surface area (Å²) in [6.45, 7) is 3.28. The Bertz CT molecular complexity index is 433. The van der Waals surface area contributed by atoms with Crippen LogP contribution in [0, 0.1) is 5.92 Å². The lowest BCUT2D eigenvalue weighted by atomic mass is 10.1. The molecule has 0 aromatic heterocycles. The molecule has 1 amide bonds. The zero-order valence-corrected chi connectivity index (χ0v) is 10.7. The van der Waals surface area contributed by atoms with Gasteiger partial charge in [-0.3, -0.25) is 4.79 Å². The third-order valence-electron chi connectivity index (χ3n) is 3.20. The van der Waals surface area contributed by atoms with Crippen molar-refractivity contribution in [1.82, 2.24) is 4.90 Å². The summed E-state index contributed by atoms with van der Waals surface area (Å²) in [5.41, 5.74) is 8.05. The summed E-state index contributed by atoms with van der Waals surface area (Å²) in [6, 6.07) is 8.12. The van der Waals surface area contributed by atoms with E-state index >= 15 is 0 Å². The van der Waals surface area contributed by atoms with Crippen LogP contribution >= 0.6 is 12.2 Å². The van der Waals surface area contributed by atoms with Crippen LogP contribution in [0.25, 0.3) is 0 Å². The van der Waals surface area contributed by atoms with Crippen LogP contribution in [0.15, 0.2) is 24.3 Å². The molecule has 1 unspecified atom stereocenters. The summed E-state index contributed by atoms with van der Waals surface area (Å²) < 4.78 is 0. The van der Waals surface area contributed by atoms with E-state index in [0.29, 0.717) is 24.5 Å². The number of nitrogens with two attached hydrogens (primary N) is 1. The Balaban J connectivity index is 2.13. The predicted octanol–water partition coefficient (Wildman–Crippen LogP) is 1.84. The van der Waals surface area contributed by atoms with Crippen molar-refractivity contribution in [3.05, 3.63) is 35.4 Å². The molecule has 0 saturated carbocycles. The van der Waals surface area contributed by atoms with Gasteiger partial charge in [-0.2, -0.15) is 0 Å². The van der Waals surface area contributed by atoms with Crippen LogP contribution in [0.3, 0.4) is 0 Å². The zero-order chi connectivity index (χ0) is 12.4. The standard InChI is InChI=1S/C13H16N2OS/c1-2-11(12(14)17)13(16)15-7-9-5-3-4-6-10(9)8-15/h3-6,11H,2,7-8H2,1H3,(H2,14,17). The van der Waals surface area contributed by atoms with Crippen LogP contribution in [0.5, 0.6) is 0 Å². The van der Waals surface area contributed by atoms with E-state index in [2.05, 4.69) is 12.1 Å². The van der Waals surface area contributed by atoms with Crippen LogP contribution in [0.2, 0.25) is 0 Å². The molecule has 1 aromatic rings. The minimum absolute atomic E-state index is 0.0520. The fraction of sp³-hybridized carbons (Fsp3) is 0.385. The van der Waals surface area contributed by atoms with Crippen molar-refractivity contribution in [3.8, 4) is 0 Å². The first kappa shape index (κ1) is 12.0. The Hall–Kier alpha value is -1.42. The molecule has 1 atom stereocenters. The molecular weight excluding hydrogens is 232 g/mol. The third kappa shape index (κ3) is 2.31. The molecule has 2 rings (SSSR count).